The molecule has 27 heavy (non-hydrogen) atoms. The van der Waals surface area contributed by atoms with Crippen LogP contribution in [0.5, 0.6) is 0 Å². The summed E-state index contributed by atoms with van der Waals surface area (Å²) >= 11 is 0. The Bertz CT molecular complexity index is 1000. The highest BCUT2D eigenvalue weighted by molar-refractivity contribution is 5.92. The minimum atomic E-state index is -0.209. The van der Waals surface area contributed by atoms with E-state index in [-0.39, 0.29) is 23.9 Å². The van der Waals surface area contributed by atoms with E-state index in [0.717, 1.165) is 11.1 Å². The van der Waals surface area contributed by atoms with Gasteiger partial charge in [0, 0.05) is 0 Å². The van der Waals surface area contributed by atoms with Crippen LogP contribution in [0.1, 0.15) is 40.3 Å². The highest BCUT2D eigenvalue weighted by atomic mass is 16.5. The van der Waals surface area contributed by atoms with Crippen molar-refractivity contribution in [3.8, 4) is 0 Å². The van der Waals surface area contributed by atoms with E-state index in [1.165, 1.54) is 5.56 Å². The maximum Gasteiger partial charge on any atom is 0.293 e. The van der Waals surface area contributed by atoms with Crippen molar-refractivity contribution in [2.75, 3.05) is 13.2 Å². The Labute approximate surface area is 158 Å². The number of carbonyl (C=O) groups excluding carboxylic acids is 1. The number of morpholine rings is 1. The first-order valence-electron chi connectivity index (χ1n) is 9.12. The van der Waals surface area contributed by atoms with Gasteiger partial charge in [0.1, 0.15) is 11.6 Å². The maximum atomic E-state index is 13.1. The van der Waals surface area contributed by atoms with Crippen LogP contribution < -0.4 is 0 Å². The van der Waals surface area contributed by atoms with Gasteiger partial charge in [-0.25, -0.2) is 4.98 Å². The van der Waals surface area contributed by atoms with Gasteiger partial charge in [-0.1, -0.05) is 35.9 Å². The Balaban J connectivity index is 1.62. The van der Waals surface area contributed by atoms with Crippen molar-refractivity contribution >= 4 is 16.9 Å². The summed E-state index contributed by atoms with van der Waals surface area (Å²) in [6.07, 6.45) is -0.154. The molecule has 2 atom stereocenters. The summed E-state index contributed by atoms with van der Waals surface area (Å²) in [5, 5.41) is 8.19. The average molecular weight is 362 g/mol. The van der Waals surface area contributed by atoms with Crippen molar-refractivity contribution in [1.29, 1.82) is 0 Å². The van der Waals surface area contributed by atoms with E-state index in [4.69, 9.17) is 4.74 Å². The minimum absolute atomic E-state index is 0.0473. The second-order valence-electron chi connectivity index (χ2n) is 7.11. The molecule has 2 heterocycles. The van der Waals surface area contributed by atoms with Crippen LogP contribution >= 0.6 is 0 Å². The normalized spacial score (nSPS) is 20.0. The number of carbonyl (C=O) groups is 1. The Hall–Kier alpha value is -2.86. The molecule has 138 valence electrons. The lowest BCUT2D eigenvalue weighted by atomic mass is 9.99. The summed E-state index contributed by atoms with van der Waals surface area (Å²) in [5.74, 6) is -0.0819. The molecule has 2 aromatic carbocycles. The number of hydrogen-bond donors (Lipinski definition) is 0. The number of benzene rings is 2. The van der Waals surface area contributed by atoms with E-state index < -0.39 is 0 Å². The van der Waals surface area contributed by atoms with Crippen LogP contribution in [-0.4, -0.2) is 45.2 Å². The lowest BCUT2D eigenvalue weighted by Crippen LogP contribution is -2.48. The fourth-order valence-corrected chi connectivity index (χ4v) is 3.43. The molecule has 6 heteroatoms. The number of para-hydroxylation sites is 1. The first kappa shape index (κ1) is 17.5. The molecule has 0 unspecified atom stereocenters. The molecule has 1 saturated heterocycles. The van der Waals surface area contributed by atoms with Gasteiger partial charge >= 0.3 is 0 Å². The second-order valence-corrected chi connectivity index (χ2v) is 7.11. The van der Waals surface area contributed by atoms with Gasteiger partial charge in [-0.3, -0.25) is 4.79 Å². The molecule has 6 nitrogen and oxygen atoms in total. The summed E-state index contributed by atoms with van der Waals surface area (Å²) in [7, 11) is 0. The van der Waals surface area contributed by atoms with Crippen molar-refractivity contribution < 1.29 is 9.53 Å². The first-order chi connectivity index (χ1) is 13.0. The molecule has 1 amide bonds. The van der Waals surface area contributed by atoms with Crippen LogP contribution in [0, 0.1) is 13.8 Å². The molecule has 3 aromatic rings. The Morgan fingerprint density at radius 2 is 1.89 bits per heavy atom. The Morgan fingerprint density at radius 3 is 2.70 bits per heavy atom. The van der Waals surface area contributed by atoms with Crippen molar-refractivity contribution in [3.63, 3.8) is 0 Å². The third kappa shape index (κ3) is 3.40. The fourth-order valence-electron chi connectivity index (χ4n) is 3.43. The number of hydrogen-bond acceptors (Lipinski definition) is 5. The molecule has 0 spiro atoms. The predicted molar refractivity (Wildman–Crippen MR) is 102 cm³/mol. The molecule has 0 N–H and O–H groups in total. The first-order valence-corrected chi connectivity index (χ1v) is 9.12. The topological polar surface area (TPSA) is 68.2 Å². The molecule has 0 bridgehead atoms. The number of aryl methyl sites for hydroxylation is 2. The van der Waals surface area contributed by atoms with Crippen molar-refractivity contribution in [3.05, 3.63) is 65.0 Å². The summed E-state index contributed by atoms with van der Waals surface area (Å²) in [6.45, 7) is 7.06. The van der Waals surface area contributed by atoms with Crippen LogP contribution in [0.2, 0.25) is 0 Å². The number of ether oxygens (including phenoxy) is 1. The molecule has 4 rings (SSSR count). The van der Waals surface area contributed by atoms with E-state index in [1.807, 2.05) is 31.2 Å². The molecular weight excluding hydrogens is 340 g/mol. The molecular formula is C21H22N4O2. The predicted octanol–water partition coefficient (Wildman–Crippen LogP) is 3.24. The van der Waals surface area contributed by atoms with Gasteiger partial charge in [-0.15, -0.1) is 10.2 Å². The number of rotatable bonds is 2. The number of amides is 1. The van der Waals surface area contributed by atoms with E-state index in [2.05, 4.69) is 47.2 Å². The average Bonchev–Trinajstić information content (AvgIpc) is 2.69. The van der Waals surface area contributed by atoms with Gasteiger partial charge in [0.2, 0.25) is 5.82 Å². The van der Waals surface area contributed by atoms with Gasteiger partial charge in [-0.05, 0) is 44.0 Å². The van der Waals surface area contributed by atoms with Gasteiger partial charge < -0.3 is 9.64 Å². The monoisotopic (exact) mass is 362 g/mol. The molecule has 1 aromatic heterocycles. The lowest BCUT2D eigenvalue weighted by molar-refractivity contribution is -0.0493. The summed E-state index contributed by atoms with van der Waals surface area (Å²) in [6, 6.07) is 13.7. The number of nitrogens with zero attached hydrogens (tertiary/aromatic N) is 4. The summed E-state index contributed by atoms with van der Waals surface area (Å²) in [5.41, 5.74) is 4.81. The molecule has 1 fully saturated rings. The molecule has 1 aliphatic heterocycles. The maximum absolute atomic E-state index is 13.1. The van der Waals surface area contributed by atoms with E-state index in [9.17, 15) is 4.79 Å². The third-order valence-electron chi connectivity index (χ3n) is 5.03. The summed E-state index contributed by atoms with van der Waals surface area (Å²) < 4.78 is 6.05. The number of aromatic nitrogens is 3. The zero-order valence-corrected chi connectivity index (χ0v) is 15.7. The lowest BCUT2D eigenvalue weighted by Gasteiger charge is -2.38. The van der Waals surface area contributed by atoms with Crippen LogP contribution in [-0.2, 0) is 4.74 Å². The van der Waals surface area contributed by atoms with Crippen LogP contribution in [0.4, 0.5) is 0 Å². The van der Waals surface area contributed by atoms with Crippen molar-refractivity contribution in [1.82, 2.24) is 20.1 Å². The van der Waals surface area contributed by atoms with Gasteiger partial charge in [-0.2, -0.15) is 0 Å². The van der Waals surface area contributed by atoms with Crippen LogP contribution in [0.15, 0.2) is 42.5 Å². The van der Waals surface area contributed by atoms with Crippen molar-refractivity contribution in [2.24, 2.45) is 0 Å². The smallest absolute Gasteiger partial charge is 0.293 e. The third-order valence-corrected chi connectivity index (χ3v) is 5.03. The van der Waals surface area contributed by atoms with Crippen LogP contribution in [0.3, 0.4) is 0 Å². The van der Waals surface area contributed by atoms with E-state index in [0.29, 0.717) is 24.2 Å². The van der Waals surface area contributed by atoms with E-state index in [1.54, 1.807) is 4.90 Å². The minimum Gasteiger partial charge on any atom is -0.370 e. The van der Waals surface area contributed by atoms with Gasteiger partial charge in [0.15, 0.2) is 0 Å². The zero-order valence-electron chi connectivity index (χ0n) is 15.7. The largest absolute Gasteiger partial charge is 0.370 e. The molecule has 1 aliphatic rings. The molecule has 0 aliphatic carbocycles. The van der Waals surface area contributed by atoms with Gasteiger partial charge in [0.25, 0.3) is 5.91 Å². The Morgan fingerprint density at radius 1 is 1.11 bits per heavy atom. The molecule has 0 radical (unpaired) electrons. The SMILES string of the molecule is Cc1ccc(C)c([C@@H]2CN(C(=O)c3nnc4ccccc4n3)[C@@H](C)CO2)c1. The number of fused-ring (bicyclic) bond motifs is 1. The highest BCUT2D eigenvalue weighted by Gasteiger charge is 2.33. The zero-order chi connectivity index (χ0) is 19.0. The standard InChI is InChI=1S/C21H22N4O2/c1-13-8-9-14(2)16(10-13)19-11-25(15(3)12-27-19)21(26)20-22-17-6-4-5-7-18(17)23-24-20/h4-10,15,19H,11-12H2,1-3H3/t15-,19-/m0/s1. The quantitative estimate of drug-likeness (QED) is 0.700. The van der Waals surface area contributed by atoms with Crippen LogP contribution in [0.25, 0.3) is 11.0 Å². The van der Waals surface area contributed by atoms with E-state index >= 15 is 0 Å². The second kappa shape index (κ2) is 7.04. The Kier molecular flexibility index (Phi) is 4.58. The highest BCUT2D eigenvalue weighted by Crippen LogP contribution is 2.28. The fraction of sp³-hybridized carbons (Fsp3) is 0.333. The molecule has 0 saturated carbocycles. The van der Waals surface area contributed by atoms with Crippen molar-refractivity contribution in [2.45, 2.75) is 32.9 Å². The van der Waals surface area contributed by atoms with Gasteiger partial charge in [0.05, 0.1) is 24.7 Å². The summed E-state index contributed by atoms with van der Waals surface area (Å²) in [4.78, 5) is 19.3.